The maximum atomic E-state index is 12.3. The molecule has 0 unspecified atom stereocenters. The molecule has 3 rings (SSSR count). The molecule has 3 N–H and O–H groups in total. The summed E-state index contributed by atoms with van der Waals surface area (Å²) in [5.41, 5.74) is 8.21. The lowest BCUT2D eigenvalue weighted by molar-refractivity contribution is -0.123. The Balaban J connectivity index is 2.01. The van der Waals surface area contributed by atoms with E-state index in [0.29, 0.717) is 16.8 Å². The molecular formula is C17H13BrClF3N4O. The highest BCUT2D eigenvalue weighted by molar-refractivity contribution is 9.10. The number of amides is 1. The highest BCUT2D eigenvalue weighted by Crippen LogP contribution is 2.37. The normalized spacial score (nSPS) is 11.8. The standard InChI is InChI=1S/C17H13BrClF3N4O/c1-26-6-10(13-14(26)11(18)5-24-15(13)23)8-2-3-9(12(19)4-8)16(27)25-7-17(20,21)22/h2-6H,7H2,1H3,(H2,23,24)(H,25,27). The van der Waals surface area contributed by atoms with Crippen LogP contribution in [0.15, 0.2) is 35.1 Å². The number of halogens is 5. The van der Waals surface area contributed by atoms with E-state index in [9.17, 15) is 18.0 Å². The number of anilines is 1. The maximum Gasteiger partial charge on any atom is 0.405 e. The average molecular weight is 462 g/mol. The highest BCUT2D eigenvalue weighted by Gasteiger charge is 2.28. The third kappa shape index (κ3) is 3.89. The Bertz CT molecular complexity index is 1050. The van der Waals surface area contributed by atoms with Crippen molar-refractivity contribution in [3.63, 3.8) is 0 Å². The van der Waals surface area contributed by atoms with Crippen LogP contribution in [0.25, 0.3) is 22.0 Å². The van der Waals surface area contributed by atoms with Crippen LogP contribution in [-0.2, 0) is 7.05 Å². The Labute approximate surface area is 165 Å². The number of nitrogen functional groups attached to an aromatic ring is 1. The van der Waals surface area contributed by atoms with Crippen molar-refractivity contribution in [3.05, 3.63) is 45.7 Å². The van der Waals surface area contributed by atoms with Crippen molar-refractivity contribution in [1.29, 1.82) is 0 Å². The van der Waals surface area contributed by atoms with Gasteiger partial charge in [-0.05, 0) is 33.6 Å². The van der Waals surface area contributed by atoms with Gasteiger partial charge >= 0.3 is 6.18 Å². The average Bonchev–Trinajstić information content (AvgIpc) is 2.94. The van der Waals surface area contributed by atoms with Crippen LogP contribution >= 0.6 is 27.5 Å². The number of aryl methyl sites for hydroxylation is 1. The van der Waals surface area contributed by atoms with E-state index >= 15 is 0 Å². The minimum absolute atomic E-state index is 0.0331. The molecule has 0 radical (unpaired) electrons. The zero-order valence-corrected chi connectivity index (χ0v) is 16.2. The lowest BCUT2D eigenvalue weighted by atomic mass is 10.0. The summed E-state index contributed by atoms with van der Waals surface area (Å²) in [7, 11) is 1.84. The minimum Gasteiger partial charge on any atom is -0.383 e. The van der Waals surface area contributed by atoms with Gasteiger partial charge in [0.15, 0.2) is 0 Å². The molecule has 0 aliphatic heterocycles. The summed E-state index contributed by atoms with van der Waals surface area (Å²) < 4.78 is 39.4. The number of hydrogen-bond acceptors (Lipinski definition) is 3. The van der Waals surface area contributed by atoms with Crippen molar-refractivity contribution < 1.29 is 18.0 Å². The summed E-state index contributed by atoms with van der Waals surface area (Å²) in [4.78, 5) is 16.1. The second-order valence-electron chi connectivity index (χ2n) is 5.86. The SMILES string of the molecule is Cn1cc(-c2ccc(C(=O)NCC(F)(F)F)c(Cl)c2)c2c(N)ncc(Br)c21. The topological polar surface area (TPSA) is 72.9 Å². The van der Waals surface area contributed by atoms with Gasteiger partial charge in [-0.3, -0.25) is 4.79 Å². The highest BCUT2D eigenvalue weighted by atomic mass is 79.9. The summed E-state index contributed by atoms with van der Waals surface area (Å²) in [6.45, 7) is -1.43. The van der Waals surface area contributed by atoms with Gasteiger partial charge in [-0.25, -0.2) is 4.98 Å². The zero-order chi connectivity index (χ0) is 19.9. The predicted octanol–water partition coefficient (Wildman–Crippen LogP) is 4.53. The Morgan fingerprint density at radius 2 is 2.11 bits per heavy atom. The first-order valence-corrected chi connectivity index (χ1v) is 8.79. The number of carbonyl (C=O) groups is 1. The van der Waals surface area contributed by atoms with E-state index in [1.807, 2.05) is 17.8 Å². The predicted molar refractivity (Wildman–Crippen MR) is 102 cm³/mol. The molecule has 0 aliphatic rings. The zero-order valence-electron chi connectivity index (χ0n) is 13.9. The third-order valence-electron chi connectivity index (χ3n) is 3.96. The molecule has 27 heavy (non-hydrogen) atoms. The largest absolute Gasteiger partial charge is 0.405 e. The molecule has 0 atom stereocenters. The molecule has 10 heteroatoms. The van der Waals surface area contributed by atoms with Crippen molar-refractivity contribution in [1.82, 2.24) is 14.9 Å². The molecule has 0 spiro atoms. The quantitative estimate of drug-likeness (QED) is 0.602. The Kier molecular flexibility index (Phi) is 5.09. The summed E-state index contributed by atoms with van der Waals surface area (Å²) in [5.74, 6) is -0.572. The van der Waals surface area contributed by atoms with E-state index in [2.05, 4.69) is 20.9 Å². The van der Waals surface area contributed by atoms with E-state index in [4.69, 9.17) is 17.3 Å². The van der Waals surface area contributed by atoms with Crippen LogP contribution in [0.2, 0.25) is 5.02 Å². The van der Waals surface area contributed by atoms with Crippen molar-refractivity contribution in [2.24, 2.45) is 7.05 Å². The maximum absolute atomic E-state index is 12.3. The van der Waals surface area contributed by atoms with Crippen LogP contribution in [0.5, 0.6) is 0 Å². The third-order valence-corrected chi connectivity index (χ3v) is 4.85. The molecule has 0 bridgehead atoms. The second kappa shape index (κ2) is 7.05. The number of benzene rings is 1. The van der Waals surface area contributed by atoms with Gasteiger partial charge in [-0.1, -0.05) is 17.7 Å². The van der Waals surface area contributed by atoms with Gasteiger partial charge in [0.05, 0.1) is 26.0 Å². The molecule has 142 valence electrons. The number of hydrogen-bond donors (Lipinski definition) is 2. The number of rotatable bonds is 3. The fourth-order valence-electron chi connectivity index (χ4n) is 2.79. The van der Waals surface area contributed by atoms with E-state index in [1.165, 1.54) is 12.1 Å². The summed E-state index contributed by atoms with van der Waals surface area (Å²) in [5, 5.41) is 2.54. The van der Waals surface area contributed by atoms with Gasteiger partial charge in [0, 0.05) is 25.0 Å². The van der Waals surface area contributed by atoms with Crippen molar-refractivity contribution in [2.75, 3.05) is 12.3 Å². The second-order valence-corrected chi connectivity index (χ2v) is 7.12. The summed E-state index contributed by atoms with van der Waals surface area (Å²) in [6, 6.07) is 4.49. The van der Waals surface area contributed by atoms with Gasteiger partial charge in [-0.2, -0.15) is 13.2 Å². The van der Waals surface area contributed by atoms with E-state index in [1.54, 1.807) is 17.6 Å². The molecule has 0 saturated heterocycles. The number of fused-ring (bicyclic) bond motifs is 1. The summed E-state index contributed by atoms with van der Waals surface area (Å²) in [6.07, 6.45) is -1.06. The Morgan fingerprint density at radius 3 is 2.74 bits per heavy atom. The molecule has 2 heterocycles. The molecule has 1 amide bonds. The molecule has 3 aromatic rings. The molecule has 0 fully saturated rings. The monoisotopic (exact) mass is 460 g/mol. The van der Waals surface area contributed by atoms with E-state index in [-0.39, 0.29) is 10.6 Å². The number of nitrogens with one attached hydrogen (secondary N) is 1. The van der Waals surface area contributed by atoms with Crippen LogP contribution in [0, 0.1) is 0 Å². The van der Waals surface area contributed by atoms with Crippen LogP contribution in [0.3, 0.4) is 0 Å². The number of carbonyl (C=O) groups excluding carboxylic acids is 1. The van der Waals surface area contributed by atoms with Crippen LogP contribution in [-0.4, -0.2) is 28.2 Å². The fraction of sp³-hybridized carbons (Fsp3) is 0.176. The van der Waals surface area contributed by atoms with Crippen molar-refractivity contribution >= 4 is 50.2 Å². The number of pyridine rings is 1. The first-order valence-electron chi connectivity index (χ1n) is 7.62. The number of aromatic nitrogens is 2. The molecular weight excluding hydrogens is 449 g/mol. The number of nitrogens with two attached hydrogens (primary N) is 1. The van der Waals surface area contributed by atoms with Gasteiger partial charge < -0.3 is 15.6 Å². The smallest absolute Gasteiger partial charge is 0.383 e. The van der Waals surface area contributed by atoms with E-state index < -0.39 is 18.6 Å². The van der Waals surface area contributed by atoms with Gasteiger partial charge in [0.25, 0.3) is 5.91 Å². The van der Waals surface area contributed by atoms with E-state index in [0.717, 1.165) is 15.6 Å². The summed E-state index contributed by atoms with van der Waals surface area (Å²) >= 11 is 9.58. The molecule has 0 saturated carbocycles. The van der Waals surface area contributed by atoms with Gasteiger partial charge in [-0.15, -0.1) is 0 Å². The first kappa shape index (κ1) is 19.5. The van der Waals surface area contributed by atoms with Gasteiger partial charge in [0.2, 0.25) is 0 Å². The minimum atomic E-state index is -4.50. The molecule has 0 aliphatic carbocycles. The van der Waals surface area contributed by atoms with Gasteiger partial charge in [0.1, 0.15) is 12.4 Å². The fourth-order valence-corrected chi connectivity index (χ4v) is 3.63. The van der Waals surface area contributed by atoms with Crippen molar-refractivity contribution in [2.45, 2.75) is 6.18 Å². The lowest BCUT2D eigenvalue weighted by Crippen LogP contribution is -2.33. The van der Waals surface area contributed by atoms with Crippen molar-refractivity contribution in [3.8, 4) is 11.1 Å². The molecule has 1 aromatic carbocycles. The Morgan fingerprint density at radius 1 is 1.41 bits per heavy atom. The lowest BCUT2D eigenvalue weighted by Gasteiger charge is -2.10. The molecule has 5 nitrogen and oxygen atoms in total. The van der Waals surface area contributed by atoms with Crippen LogP contribution in [0.1, 0.15) is 10.4 Å². The van der Waals surface area contributed by atoms with Crippen LogP contribution < -0.4 is 11.1 Å². The van der Waals surface area contributed by atoms with Crippen LogP contribution in [0.4, 0.5) is 19.0 Å². The number of nitrogens with zero attached hydrogens (tertiary/aromatic N) is 2. The number of alkyl halides is 3. The first-order chi connectivity index (χ1) is 12.6. The molecule has 2 aromatic heterocycles. The Hall–Kier alpha value is -2.26.